The van der Waals surface area contributed by atoms with Gasteiger partial charge >= 0.3 is 0 Å². The first-order valence-electron chi connectivity index (χ1n) is 21.5. The smallest absolute Gasteiger partial charge is 0.270 e. The summed E-state index contributed by atoms with van der Waals surface area (Å²) < 4.78 is -0.618. The molecule has 0 bridgehead atoms. The quantitative estimate of drug-likeness (QED) is 0.0544. The van der Waals surface area contributed by atoms with Crippen LogP contribution in [0.1, 0.15) is 115 Å². The molecule has 1 atom stereocenters. The van der Waals surface area contributed by atoms with Gasteiger partial charge in [-0.25, -0.2) is 0 Å². The van der Waals surface area contributed by atoms with Crippen LogP contribution < -0.4 is 49.2 Å². The van der Waals surface area contributed by atoms with Gasteiger partial charge in [0, 0.05) is 64.5 Å². The molecular formula is C43H51N11O14-4. The monoisotopic (exact) mass is 945 g/mol. The summed E-state index contributed by atoms with van der Waals surface area (Å²) in [5, 5.41) is 60.1. The van der Waals surface area contributed by atoms with Gasteiger partial charge in [-0.2, -0.15) is 0 Å². The Kier molecular flexibility index (Phi) is 19.2. The Hall–Kier alpha value is -8.22. The molecule has 0 saturated heterocycles. The van der Waals surface area contributed by atoms with Crippen LogP contribution in [-0.2, 0) is 0 Å². The molecule has 0 spiro atoms. The maximum absolute atomic E-state index is 13.4. The summed E-state index contributed by atoms with van der Waals surface area (Å²) in [6.07, 6.45) is 2.34. The lowest BCUT2D eigenvalue weighted by atomic mass is 10.1. The standard InChI is InChI=1S/C43H51N11O14/c1-3-21-45-36(57)28-16-18-30(53(67)40(28)61)38(59)47-26-27(11-4-5-20-44)48-39(60)31-19-17-29(41(62)54(31)68)37(58)46-22-10-25-50(43(64)33-13-9-15-35(56)52(33)66)24-7-6-23-49(2)42(63)32-12-8-14-34(55)51(32)65/h8-9,12-19,27H,3-7,10-11,20-26,44H2,1-2H3,(H,45,57)(H,46,58)(H,47,59)(H,48,60)/q-4/t27-/m0/s1. The van der Waals surface area contributed by atoms with E-state index < -0.39 is 91.9 Å². The van der Waals surface area contributed by atoms with Gasteiger partial charge in [0.15, 0.2) is 0 Å². The Balaban J connectivity index is 1.37. The van der Waals surface area contributed by atoms with Gasteiger partial charge < -0.3 is 76.6 Å². The largest absolute Gasteiger partial charge is 0.803 e. The Labute approximate surface area is 386 Å². The van der Waals surface area contributed by atoms with E-state index in [2.05, 4.69) is 21.3 Å². The van der Waals surface area contributed by atoms with E-state index in [1.54, 1.807) is 6.92 Å². The van der Waals surface area contributed by atoms with Gasteiger partial charge in [0.05, 0.1) is 0 Å². The van der Waals surface area contributed by atoms with Crippen molar-refractivity contribution in [3.63, 3.8) is 0 Å². The lowest BCUT2D eigenvalue weighted by molar-refractivity contribution is 0.0726. The van der Waals surface area contributed by atoms with Crippen LogP contribution in [0.25, 0.3) is 0 Å². The molecule has 68 heavy (non-hydrogen) atoms. The van der Waals surface area contributed by atoms with Crippen molar-refractivity contribution in [3.05, 3.63) is 157 Å². The number of aromatic nitrogens is 4. The second-order valence-electron chi connectivity index (χ2n) is 15.3. The van der Waals surface area contributed by atoms with Gasteiger partial charge in [0.2, 0.25) is 11.1 Å². The molecule has 0 aliphatic heterocycles. The minimum Gasteiger partial charge on any atom is -0.803 e. The van der Waals surface area contributed by atoms with Crippen molar-refractivity contribution in [1.29, 1.82) is 0 Å². The Morgan fingerprint density at radius 2 is 1.09 bits per heavy atom. The number of rotatable bonds is 24. The summed E-state index contributed by atoms with van der Waals surface area (Å²) in [5.74, 6) is -5.35. The SMILES string of the molecule is CCCNC(=O)c1ccc(C(=O)NC[C@H](CCCCN)NC(=O)c2ccc(C(=O)NCCCN(CCCCN(C)C(=O)c3cccc(=O)n3[O-])C(=O)c3cccc(=O)n3[O-])c(=O)n2[O-])n([O-])c1=O. The number of nitrogens with two attached hydrogens (primary N) is 1. The zero-order valence-electron chi connectivity index (χ0n) is 37.2. The number of hydrogen-bond donors (Lipinski definition) is 5. The van der Waals surface area contributed by atoms with Crippen LogP contribution in [0.3, 0.4) is 0 Å². The summed E-state index contributed by atoms with van der Waals surface area (Å²) in [5.41, 5.74) is -2.16. The fourth-order valence-electron chi connectivity index (χ4n) is 6.64. The van der Waals surface area contributed by atoms with Gasteiger partial charge in [0.1, 0.15) is 33.9 Å². The van der Waals surface area contributed by atoms with Gasteiger partial charge in [-0.3, -0.25) is 47.9 Å². The summed E-state index contributed by atoms with van der Waals surface area (Å²) in [7, 11) is 1.42. The lowest BCUT2D eigenvalue weighted by Gasteiger charge is -2.26. The van der Waals surface area contributed by atoms with Crippen molar-refractivity contribution in [2.75, 3.05) is 52.9 Å². The first-order chi connectivity index (χ1) is 32.4. The minimum atomic E-state index is -1.38. The zero-order chi connectivity index (χ0) is 50.1. The number of carbonyl (C=O) groups excluding carboxylic acids is 6. The van der Waals surface area contributed by atoms with Crippen LogP contribution in [-0.4, -0.2) is 123 Å². The third-order valence-electron chi connectivity index (χ3n) is 10.4. The molecule has 4 aromatic heterocycles. The second-order valence-corrected chi connectivity index (χ2v) is 15.3. The van der Waals surface area contributed by atoms with Crippen molar-refractivity contribution in [3.8, 4) is 0 Å². The maximum Gasteiger partial charge on any atom is 0.270 e. The van der Waals surface area contributed by atoms with Crippen LogP contribution in [0, 0.1) is 20.8 Å². The molecule has 0 aliphatic rings. The number of pyridine rings is 4. The molecule has 6 amide bonds. The van der Waals surface area contributed by atoms with Crippen molar-refractivity contribution in [2.24, 2.45) is 5.73 Å². The van der Waals surface area contributed by atoms with E-state index in [-0.39, 0.29) is 83.1 Å². The van der Waals surface area contributed by atoms with Gasteiger partial charge in [-0.1, -0.05) is 25.5 Å². The Bertz CT molecular complexity index is 2730. The highest BCUT2D eigenvalue weighted by atomic mass is 16.5. The van der Waals surface area contributed by atoms with E-state index >= 15 is 0 Å². The first kappa shape index (κ1) is 52.4. The van der Waals surface area contributed by atoms with Crippen molar-refractivity contribution < 1.29 is 28.8 Å². The molecule has 0 radical (unpaired) electrons. The first-order valence-corrected chi connectivity index (χ1v) is 21.5. The minimum absolute atomic E-state index is 0.0108. The van der Waals surface area contributed by atoms with E-state index in [4.69, 9.17) is 5.73 Å². The normalized spacial score (nSPS) is 11.3. The molecule has 0 fully saturated rings. The molecule has 0 aliphatic carbocycles. The van der Waals surface area contributed by atoms with Gasteiger partial charge in [-0.05, 0) is 81.5 Å². The van der Waals surface area contributed by atoms with Gasteiger partial charge in [-0.15, -0.1) is 0 Å². The Morgan fingerprint density at radius 3 is 1.65 bits per heavy atom. The van der Waals surface area contributed by atoms with Crippen LogP contribution in [0.2, 0.25) is 0 Å². The molecule has 4 aromatic rings. The van der Waals surface area contributed by atoms with Crippen LogP contribution in [0.15, 0.2) is 79.8 Å². The fraction of sp³-hybridized carbons (Fsp3) is 0.395. The number of unbranched alkanes of at least 4 members (excludes halogenated alkanes) is 2. The zero-order valence-corrected chi connectivity index (χ0v) is 37.2. The average molecular weight is 946 g/mol. The second kappa shape index (κ2) is 24.9. The molecule has 4 rings (SSSR count). The molecule has 0 aromatic carbocycles. The third kappa shape index (κ3) is 13.4. The molecule has 25 heteroatoms. The molecule has 0 saturated carbocycles. The summed E-state index contributed by atoms with van der Waals surface area (Å²) in [6, 6.07) is 9.92. The number of nitrogens with one attached hydrogen (secondary N) is 4. The number of nitrogens with zero attached hydrogens (tertiary/aromatic N) is 6. The lowest BCUT2D eigenvalue weighted by Crippen LogP contribution is -2.46. The van der Waals surface area contributed by atoms with E-state index in [9.17, 15) is 68.8 Å². The number of hydrogen-bond acceptors (Lipinski definition) is 15. The predicted molar refractivity (Wildman–Crippen MR) is 246 cm³/mol. The fourth-order valence-corrected chi connectivity index (χ4v) is 6.64. The topological polar surface area (TPSA) is 363 Å². The highest BCUT2D eigenvalue weighted by Crippen LogP contribution is 2.10. The number of carbonyl (C=O) groups is 6. The maximum atomic E-state index is 13.4. The van der Waals surface area contributed by atoms with Crippen LogP contribution in [0.5, 0.6) is 0 Å². The van der Waals surface area contributed by atoms with Gasteiger partial charge in [0.25, 0.3) is 46.6 Å². The highest BCUT2D eigenvalue weighted by Gasteiger charge is 2.22. The molecule has 366 valence electrons. The molecule has 25 nitrogen and oxygen atoms in total. The highest BCUT2D eigenvalue weighted by molar-refractivity contribution is 5.98. The molecule has 6 N–H and O–H groups in total. The van der Waals surface area contributed by atoms with E-state index in [0.29, 0.717) is 32.2 Å². The molecule has 0 unspecified atom stereocenters. The molecule has 4 heterocycles. The molecular weight excluding hydrogens is 895 g/mol. The summed E-state index contributed by atoms with van der Waals surface area (Å²) >= 11 is 0. The Morgan fingerprint density at radius 1 is 0.574 bits per heavy atom. The van der Waals surface area contributed by atoms with Crippen molar-refractivity contribution in [1.82, 2.24) is 50.0 Å². The summed E-state index contributed by atoms with van der Waals surface area (Å²) in [6.45, 7) is 1.91. The third-order valence-corrected chi connectivity index (χ3v) is 10.4. The number of amides is 6. The van der Waals surface area contributed by atoms with Crippen molar-refractivity contribution >= 4 is 35.4 Å². The van der Waals surface area contributed by atoms with Crippen LogP contribution >= 0.6 is 0 Å². The average Bonchev–Trinajstić information content (AvgIpc) is 3.32. The van der Waals surface area contributed by atoms with Crippen molar-refractivity contribution in [2.45, 2.75) is 57.9 Å². The summed E-state index contributed by atoms with van der Waals surface area (Å²) in [4.78, 5) is 129. The van der Waals surface area contributed by atoms with Crippen LogP contribution in [0.4, 0.5) is 0 Å². The van der Waals surface area contributed by atoms with E-state index in [0.717, 1.165) is 42.5 Å². The predicted octanol–water partition coefficient (Wildman–Crippen LogP) is -0.671. The van der Waals surface area contributed by atoms with E-state index in [1.165, 1.54) is 35.0 Å². The van der Waals surface area contributed by atoms with E-state index in [1.807, 2.05) is 0 Å².